The van der Waals surface area contributed by atoms with Crippen molar-refractivity contribution in [3.8, 4) is 5.75 Å². The lowest BCUT2D eigenvalue weighted by atomic mass is 9.95. The molecule has 3 atom stereocenters. The highest BCUT2D eigenvalue weighted by Crippen LogP contribution is 2.31. The number of nitrogens with two attached hydrogens (primary N) is 1. The zero-order chi connectivity index (χ0) is 11.7. The molecule has 1 aliphatic heterocycles. The molecule has 2 nitrogen and oxygen atoms in total. The maximum absolute atomic E-state index is 13.0. The molecule has 0 aromatic heterocycles. The highest BCUT2D eigenvalue weighted by atomic mass is 19.1. The van der Waals surface area contributed by atoms with Gasteiger partial charge in [0.25, 0.3) is 0 Å². The normalized spacial score (nSPS) is 22.4. The summed E-state index contributed by atoms with van der Waals surface area (Å²) in [7, 11) is 0. The monoisotopic (exact) mass is 223 g/mol. The van der Waals surface area contributed by atoms with Crippen molar-refractivity contribution in [1.29, 1.82) is 0 Å². The molecular weight excluding hydrogens is 205 g/mol. The molecule has 0 radical (unpaired) electrons. The molecule has 0 spiro atoms. The van der Waals surface area contributed by atoms with Gasteiger partial charge in [-0.3, -0.25) is 0 Å². The maximum Gasteiger partial charge on any atom is 0.123 e. The van der Waals surface area contributed by atoms with Gasteiger partial charge in [-0.2, -0.15) is 0 Å². The molecule has 0 saturated heterocycles. The van der Waals surface area contributed by atoms with Crippen LogP contribution in [-0.2, 0) is 6.42 Å². The van der Waals surface area contributed by atoms with Gasteiger partial charge in [-0.25, -0.2) is 4.39 Å². The molecule has 1 aliphatic rings. The quantitative estimate of drug-likeness (QED) is 0.854. The lowest BCUT2D eigenvalue weighted by Gasteiger charge is -2.19. The number of benzene rings is 1. The first kappa shape index (κ1) is 11.4. The Bertz CT molecular complexity index is 378. The van der Waals surface area contributed by atoms with E-state index in [9.17, 15) is 4.39 Å². The van der Waals surface area contributed by atoms with E-state index in [1.165, 1.54) is 6.07 Å². The Morgan fingerprint density at radius 1 is 1.50 bits per heavy atom. The number of fused-ring (bicyclic) bond motifs is 1. The summed E-state index contributed by atoms with van der Waals surface area (Å²) >= 11 is 0. The van der Waals surface area contributed by atoms with Gasteiger partial charge in [0.2, 0.25) is 0 Å². The molecule has 0 fully saturated rings. The minimum absolute atomic E-state index is 0.151. The van der Waals surface area contributed by atoms with Crippen molar-refractivity contribution in [2.24, 2.45) is 11.7 Å². The molecule has 1 aromatic rings. The number of ether oxygens (including phenoxy) is 1. The van der Waals surface area contributed by atoms with Crippen LogP contribution < -0.4 is 10.5 Å². The van der Waals surface area contributed by atoms with Crippen LogP contribution in [0.15, 0.2) is 18.2 Å². The Morgan fingerprint density at radius 2 is 2.25 bits per heavy atom. The Balaban J connectivity index is 2.00. The lowest BCUT2D eigenvalue weighted by molar-refractivity contribution is 0.191. The van der Waals surface area contributed by atoms with Crippen molar-refractivity contribution >= 4 is 0 Å². The van der Waals surface area contributed by atoms with Gasteiger partial charge in [0.1, 0.15) is 17.7 Å². The molecule has 3 unspecified atom stereocenters. The summed E-state index contributed by atoms with van der Waals surface area (Å²) in [5.41, 5.74) is 6.80. The van der Waals surface area contributed by atoms with E-state index >= 15 is 0 Å². The highest BCUT2D eigenvalue weighted by Gasteiger charge is 2.25. The molecule has 16 heavy (non-hydrogen) atoms. The largest absolute Gasteiger partial charge is 0.490 e. The van der Waals surface area contributed by atoms with Gasteiger partial charge in [0.05, 0.1) is 0 Å². The number of rotatable bonds is 3. The molecule has 1 heterocycles. The molecule has 1 aromatic carbocycles. The Morgan fingerprint density at radius 3 is 2.94 bits per heavy atom. The number of hydrogen-bond donors (Lipinski definition) is 1. The zero-order valence-electron chi connectivity index (χ0n) is 9.74. The van der Waals surface area contributed by atoms with Crippen LogP contribution in [0.1, 0.15) is 25.8 Å². The van der Waals surface area contributed by atoms with E-state index in [2.05, 4.69) is 6.92 Å². The molecule has 88 valence electrons. The summed E-state index contributed by atoms with van der Waals surface area (Å²) < 4.78 is 18.8. The highest BCUT2D eigenvalue weighted by molar-refractivity contribution is 5.37. The fourth-order valence-corrected chi connectivity index (χ4v) is 2.05. The molecule has 0 bridgehead atoms. The fraction of sp³-hybridized carbons (Fsp3) is 0.538. The van der Waals surface area contributed by atoms with Gasteiger partial charge in [-0.05, 0) is 37.5 Å². The standard InChI is InChI=1S/C13H18FNO/c1-8(9(2)15)5-12-7-10-6-11(14)3-4-13(10)16-12/h3-4,6,8-9,12H,5,7,15H2,1-2H3. The Hall–Kier alpha value is -1.09. The van der Waals surface area contributed by atoms with Gasteiger partial charge < -0.3 is 10.5 Å². The smallest absolute Gasteiger partial charge is 0.123 e. The molecular formula is C13H18FNO. The molecule has 0 amide bonds. The molecule has 3 heteroatoms. The summed E-state index contributed by atoms with van der Waals surface area (Å²) in [6, 6.07) is 4.88. The van der Waals surface area contributed by atoms with E-state index in [0.717, 1.165) is 24.2 Å². The second kappa shape index (κ2) is 4.42. The first-order valence-electron chi connectivity index (χ1n) is 5.77. The van der Waals surface area contributed by atoms with Gasteiger partial charge in [0, 0.05) is 18.0 Å². The summed E-state index contributed by atoms with van der Waals surface area (Å²) in [6.45, 7) is 4.13. The molecule has 0 saturated carbocycles. The van der Waals surface area contributed by atoms with Crippen LogP contribution in [0.5, 0.6) is 5.75 Å². The third-order valence-electron chi connectivity index (χ3n) is 3.30. The van der Waals surface area contributed by atoms with Crippen molar-refractivity contribution in [3.05, 3.63) is 29.6 Å². The predicted octanol–water partition coefficient (Wildman–Crippen LogP) is 2.50. The van der Waals surface area contributed by atoms with Crippen LogP contribution in [0.4, 0.5) is 4.39 Å². The van der Waals surface area contributed by atoms with Crippen LogP contribution in [0, 0.1) is 11.7 Å². The third kappa shape index (κ3) is 2.35. The van der Waals surface area contributed by atoms with E-state index in [1.54, 1.807) is 12.1 Å². The Kier molecular flexibility index (Phi) is 3.15. The van der Waals surface area contributed by atoms with E-state index < -0.39 is 0 Å². The molecule has 2 rings (SSSR count). The van der Waals surface area contributed by atoms with Crippen molar-refractivity contribution in [2.75, 3.05) is 0 Å². The van der Waals surface area contributed by atoms with Gasteiger partial charge >= 0.3 is 0 Å². The average molecular weight is 223 g/mol. The summed E-state index contributed by atoms with van der Waals surface area (Å²) in [5, 5.41) is 0. The first-order valence-corrected chi connectivity index (χ1v) is 5.77. The predicted molar refractivity (Wildman–Crippen MR) is 62.0 cm³/mol. The third-order valence-corrected chi connectivity index (χ3v) is 3.30. The van der Waals surface area contributed by atoms with E-state index in [1.807, 2.05) is 6.92 Å². The van der Waals surface area contributed by atoms with Crippen molar-refractivity contribution in [2.45, 2.75) is 38.8 Å². The van der Waals surface area contributed by atoms with Crippen molar-refractivity contribution in [3.63, 3.8) is 0 Å². The van der Waals surface area contributed by atoms with Crippen LogP contribution in [0.3, 0.4) is 0 Å². The topological polar surface area (TPSA) is 35.2 Å². The first-order chi connectivity index (χ1) is 7.56. The van der Waals surface area contributed by atoms with Crippen LogP contribution in [0.25, 0.3) is 0 Å². The summed E-state index contributed by atoms with van der Waals surface area (Å²) in [5.74, 6) is 1.05. The van der Waals surface area contributed by atoms with E-state index in [4.69, 9.17) is 10.5 Å². The van der Waals surface area contributed by atoms with Gasteiger partial charge in [-0.15, -0.1) is 0 Å². The average Bonchev–Trinajstić information content (AvgIpc) is 2.58. The summed E-state index contributed by atoms with van der Waals surface area (Å²) in [4.78, 5) is 0. The minimum Gasteiger partial charge on any atom is -0.490 e. The zero-order valence-corrected chi connectivity index (χ0v) is 9.74. The second-order valence-corrected chi connectivity index (χ2v) is 4.77. The van der Waals surface area contributed by atoms with E-state index in [-0.39, 0.29) is 18.0 Å². The Labute approximate surface area is 95.6 Å². The van der Waals surface area contributed by atoms with Crippen LogP contribution in [0.2, 0.25) is 0 Å². The minimum atomic E-state index is -0.191. The number of hydrogen-bond acceptors (Lipinski definition) is 2. The van der Waals surface area contributed by atoms with Crippen molar-refractivity contribution in [1.82, 2.24) is 0 Å². The lowest BCUT2D eigenvalue weighted by Crippen LogP contribution is -2.29. The summed E-state index contributed by atoms with van der Waals surface area (Å²) in [6.07, 6.45) is 1.87. The molecule has 0 aliphatic carbocycles. The van der Waals surface area contributed by atoms with E-state index in [0.29, 0.717) is 5.92 Å². The van der Waals surface area contributed by atoms with Crippen molar-refractivity contribution < 1.29 is 9.13 Å². The maximum atomic E-state index is 13.0. The van der Waals surface area contributed by atoms with Gasteiger partial charge in [0.15, 0.2) is 0 Å². The molecule has 2 N–H and O–H groups in total. The van der Waals surface area contributed by atoms with Gasteiger partial charge in [-0.1, -0.05) is 6.92 Å². The van der Waals surface area contributed by atoms with Crippen LogP contribution >= 0.6 is 0 Å². The second-order valence-electron chi connectivity index (χ2n) is 4.77. The SMILES string of the molecule is CC(N)C(C)CC1Cc2cc(F)ccc2O1. The van der Waals surface area contributed by atoms with Crippen LogP contribution in [-0.4, -0.2) is 12.1 Å². The fourth-order valence-electron chi connectivity index (χ4n) is 2.05. The number of halogens is 1.